The highest BCUT2D eigenvalue weighted by atomic mass is 35.5. The number of halogens is 1. The standard InChI is InChI=1S/C22H23ClN6O5/c1-3-27(10-11-28-21(31)8-9-22(28)32)15-4-7-19(20(13-15)24-14(2)30)26-25-18-6-5-16(29(33)34)12-17(18)23/h4-7,12-13H,3,8-11H2,1-2H3,(H,24,30). The van der Waals surface area contributed by atoms with Crippen LogP contribution in [0.4, 0.5) is 28.4 Å². The van der Waals surface area contributed by atoms with Crippen molar-refractivity contribution in [2.45, 2.75) is 26.7 Å². The van der Waals surface area contributed by atoms with E-state index in [4.69, 9.17) is 11.6 Å². The molecular formula is C22H23ClN6O5. The van der Waals surface area contributed by atoms with Crippen LogP contribution >= 0.6 is 11.6 Å². The molecule has 0 radical (unpaired) electrons. The molecule has 0 bridgehead atoms. The van der Waals surface area contributed by atoms with E-state index in [1.807, 2.05) is 11.8 Å². The number of likely N-dealkylation sites (N-methyl/N-ethyl adjacent to an activating group) is 1. The van der Waals surface area contributed by atoms with Gasteiger partial charge in [0.25, 0.3) is 5.69 Å². The smallest absolute Gasteiger partial charge is 0.271 e. The average molecular weight is 487 g/mol. The lowest BCUT2D eigenvalue weighted by molar-refractivity contribution is -0.384. The van der Waals surface area contributed by atoms with Crippen molar-refractivity contribution in [2.24, 2.45) is 10.2 Å². The zero-order valence-electron chi connectivity index (χ0n) is 18.7. The third-order valence-electron chi connectivity index (χ3n) is 5.19. The minimum absolute atomic E-state index is 0.0683. The van der Waals surface area contributed by atoms with E-state index >= 15 is 0 Å². The number of non-ortho nitro benzene ring substituents is 1. The second kappa shape index (κ2) is 10.8. The Morgan fingerprint density at radius 2 is 1.79 bits per heavy atom. The summed E-state index contributed by atoms with van der Waals surface area (Å²) in [4.78, 5) is 49.1. The van der Waals surface area contributed by atoms with Crippen LogP contribution in [-0.4, -0.2) is 47.2 Å². The lowest BCUT2D eigenvalue weighted by Gasteiger charge is -2.26. The van der Waals surface area contributed by atoms with Crippen molar-refractivity contribution in [3.63, 3.8) is 0 Å². The Morgan fingerprint density at radius 1 is 1.15 bits per heavy atom. The Labute approximate surface area is 200 Å². The summed E-state index contributed by atoms with van der Waals surface area (Å²) in [7, 11) is 0. The highest BCUT2D eigenvalue weighted by Crippen LogP contribution is 2.34. The van der Waals surface area contributed by atoms with E-state index in [1.165, 1.54) is 30.0 Å². The van der Waals surface area contributed by atoms with Crippen LogP contribution in [0.1, 0.15) is 26.7 Å². The summed E-state index contributed by atoms with van der Waals surface area (Å²) in [6.45, 7) is 4.63. The zero-order chi connectivity index (χ0) is 24.8. The van der Waals surface area contributed by atoms with Gasteiger partial charge in [0.2, 0.25) is 17.7 Å². The van der Waals surface area contributed by atoms with E-state index in [1.54, 1.807) is 18.2 Å². The van der Waals surface area contributed by atoms with Crippen molar-refractivity contribution >= 4 is 57.8 Å². The van der Waals surface area contributed by atoms with Gasteiger partial charge in [-0.15, -0.1) is 10.2 Å². The van der Waals surface area contributed by atoms with Gasteiger partial charge < -0.3 is 10.2 Å². The average Bonchev–Trinajstić information content (AvgIpc) is 3.11. The molecule has 1 saturated heterocycles. The maximum Gasteiger partial charge on any atom is 0.271 e. The summed E-state index contributed by atoms with van der Waals surface area (Å²) in [6, 6.07) is 9.02. The molecule has 0 spiro atoms. The lowest BCUT2D eigenvalue weighted by atomic mass is 10.2. The van der Waals surface area contributed by atoms with E-state index in [0.717, 1.165) is 5.69 Å². The maximum absolute atomic E-state index is 11.9. The quantitative estimate of drug-likeness (QED) is 0.238. The molecule has 1 aliphatic rings. The number of nitro groups is 1. The first kappa shape index (κ1) is 24.8. The van der Waals surface area contributed by atoms with Crippen molar-refractivity contribution in [2.75, 3.05) is 29.9 Å². The van der Waals surface area contributed by atoms with E-state index < -0.39 is 4.92 Å². The minimum Gasteiger partial charge on any atom is -0.370 e. The van der Waals surface area contributed by atoms with Crippen LogP contribution in [0.25, 0.3) is 0 Å². The molecule has 2 aromatic carbocycles. The number of anilines is 2. The normalized spacial score (nSPS) is 13.6. The summed E-state index contributed by atoms with van der Waals surface area (Å²) in [5, 5.41) is 21.9. The molecule has 0 saturated carbocycles. The molecule has 178 valence electrons. The minimum atomic E-state index is -0.560. The van der Waals surface area contributed by atoms with Gasteiger partial charge in [0, 0.05) is 57.2 Å². The van der Waals surface area contributed by atoms with Crippen molar-refractivity contribution < 1.29 is 19.3 Å². The van der Waals surface area contributed by atoms with Crippen LogP contribution in [0.15, 0.2) is 46.6 Å². The van der Waals surface area contributed by atoms with Crippen LogP contribution in [-0.2, 0) is 14.4 Å². The third-order valence-corrected chi connectivity index (χ3v) is 5.50. The fraction of sp³-hybridized carbons (Fsp3) is 0.318. The van der Waals surface area contributed by atoms with Crippen molar-refractivity contribution in [1.29, 1.82) is 0 Å². The maximum atomic E-state index is 11.9. The zero-order valence-corrected chi connectivity index (χ0v) is 19.4. The number of nitrogens with zero attached hydrogens (tertiary/aromatic N) is 5. The third kappa shape index (κ3) is 5.93. The van der Waals surface area contributed by atoms with Gasteiger partial charge >= 0.3 is 0 Å². The fourth-order valence-electron chi connectivity index (χ4n) is 3.46. The van der Waals surface area contributed by atoms with Gasteiger partial charge in [0.15, 0.2) is 0 Å². The van der Waals surface area contributed by atoms with E-state index in [2.05, 4.69) is 15.5 Å². The number of nitrogens with one attached hydrogen (secondary N) is 1. The molecule has 2 aromatic rings. The summed E-state index contributed by atoms with van der Waals surface area (Å²) in [5.74, 6) is -0.639. The summed E-state index contributed by atoms with van der Waals surface area (Å²) < 4.78 is 0. The molecule has 0 aliphatic carbocycles. The van der Waals surface area contributed by atoms with Gasteiger partial charge in [-0.1, -0.05) is 11.6 Å². The molecule has 1 aliphatic heterocycles. The van der Waals surface area contributed by atoms with Crippen LogP contribution in [0.2, 0.25) is 5.02 Å². The van der Waals surface area contributed by atoms with Crippen LogP contribution in [0.5, 0.6) is 0 Å². The Morgan fingerprint density at radius 3 is 2.38 bits per heavy atom. The molecular weight excluding hydrogens is 464 g/mol. The number of rotatable bonds is 9. The number of carbonyl (C=O) groups is 3. The number of azo groups is 1. The molecule has 3 rings (SSSR count). The second-order valence-corrected chi connectivity index (χ2v) is 7.90. The molecule has 0 unspecified atom stereocenters. The number of hydrogen-bond acceptors (Lipinski definition) is 8. The highest BCUT2D eigenvalue weighted by Gasteiger charge is 2.28. The number of likely N-dealkylation sites (tertiary alicyclic amines) is 1. The van der Waals surface area contributed by atoms with Gasteiger partial charge in [-0.3, -0.25) is 29.4 Å². The molecule has 0 atom stereocenters. The highest BCUT2D eigenvalue weighted by molar-refractivity contribution is 6.33. The molecule has 12 heteroatoms. The Bertz CT molecular complexity index is 1150. The number of imide groups is 1. The SMILES string of the molecule is CCN(CCN1C(=O)CCC1=O)c1ccc(N=Nc2ccc([N+](=O)[O-])cc2Cl)c(NC(C)=O)c1. The van der Waals surface area contributed by atoms with Gasteiger partial charge in [0.1, 0.15) is 11.4 Å². The molecule has 11 nitrogen and oxygen atoms in total. The predicted octanol–water partition coefficient (Wildman–Crippen LogP) is 4.60. The molecule has 34 heavy (non-hydrogen) atoms. The monoisotopic (exact) mass is 486 g/mol. The summed E-state index contributed by atoms with van der Waals surface area (Å²) >= 11 is 6.07. The van der Waals surface area contributed by atoms with Crippen molar-refractivity contribution in [3.05, 3.63) is 51.5 Å². The number of amides is 3. The first-order chi connectivity index (χ1) is 16.2. The van der Waals surface area contributed by atoms with Gasteiger partial charge in [-0.05, 0) is 31.2 Å². The lowest BCUT2D eigenvalue weighted by Crippen LogP contribution is -2.38. The first-order valence-electron chi connectivity index (χ1n) is 10.5. The predicted molar refractivity (Wildman–Crippen MR) is 127 cm³/mol. The molecule has 1 fully saturated rings. The van der Waals surface area contributed by atoms with Crippen LogP contribution < -0.4 is 10.2 Å². The largest absolute Gasteiger partial charge is 0.370 e. The molecule has 3 amide bonds. The van der Waals surface area contributed by atoms with Gasteiger partial charge in [0.05, 0.1) is 15.6 Å². The number of nitro benzene ring substituents is 1. The van der Waals surface area contributed by atoms with Crippen molar-refractivity contribution in [3.8, 4) is 0 Å². The van der Waals surface area contributed by atoms with E-state index in [-0.39, 0.29) is 53.5 Å². The first-order valence-corrected chi connectivity index (χ1v) is 10.9. The fourth-order valence-corrected chi connectivity index (χ4v) is 3.67. The molecule has 1 N–H and O–H groups in total. The molecule has 0 aromatic heterocycles. The molecule has 1 heterocycles. The topological polar surface area (TPSA) is 138 Å². The second-order valence-electron chi connectivity index (χ2n) is 7.49. The van der Waals surface area contributed by atoms with Crippen molar-refractivity contribution in [1.82, 2.24) is 4.90 Å². The van der Waals surface area contributed by atoms with Gasteiger partial charge in [-0.2, -0.15) is 0 Å². The van der Waals surface area contributed by atoms with Gasteiger partial charge in [-0.25, -0.2) is 0 Å². The number of benzene rings is 2. The summed E-state index contributed by atoms with van der Waals surface area (Å²) in [6.07, 6.45) is 0.492. The summed E-state index contributed by atoms with van der Waals surface area (Å²) in [5.41, 5.74) is 1.59. The Balaban J connectivity index is 1.83. The van der Waals surface area contributed by atoms with Crippen LogP contribution in [0.3, 0.4) is 0 Å². The number of hydrogen-bond donors (Lipinski definition) is 1. The Kier molecular flexibility index (Phi) is 7.90. The number of carbonyl (C=O) groups excluding carboxylic acids is 3. The van der Waals surface area contributed by atoms with E-state index in [0.29, 0.717) is 24.5 Å². The van der Waals surface area contributed by atoms with Crippen LogP contribution in [0, 0.1) is 10.1 Å². The Hall–Kier alpha value is -3.86. The van der Waals surface area contributed by atoms with E-state index in [9.17, 15) is 24.5 Å².